The number of fused-ring (bicyclic) bond motifs is 1. The van der Waals surface area contributed by atoms with E-state index in [1.54, 1.807) is 18.2 Å². The van der Waals surface area contributed by atoms with E-state index in [1.165, 1.54) is 36.4 Å². The van der Waals surface area contributed by atoms with Crippen molar-refractivity contribution in [2.75, 3.05) is 16.2 Å². The molecule has 35 heavy (non-hydrogen) atoms. The molecule has 1 aromatic heterocycles. The standard InChI is InChI=1S/C23H18Cl3N3O5S/c24-15-3-1-4-16(11-15)35(33,34)29-12-13(10-20(30)31)9-14-7-8-19(27-22(14)29)28-23(32)21-17(25)5-2-6-18(21)26/h1-8,11,13H,9-10,12H2,(H,30,31)(H,27,28,32)/t13-/m0/s1. The second kappa shape index (κ2) is 10.0. The highest BCUT2D eigenvalue weighted by atomic mass is 35.5. The van der Waals surface area contributed by atoms with Gasteiger partial charge in [-0.05, 0) is 54.3 Å². The second-order valence-corrected chi connectivity index (χ2v) is 11.0. The first-order valence-corrected chi connectivity index (χ1v) is 12.9. The predicted molar refractivity (Wildman–Crippen MR) is 134 cm³/mol. The average Bonchev–Trinajstić information content (AvgIpc) is 2.78. The van der Waals surface area contributed by atoms with Crippen molar-refractivity contribution >= 4 is 68.3 Å². The highest BCUT2D eigenvalue weighted by Gasteiger charge is 2.35. The Balaban J connectivity index is 1.74. The van der Waals surface area contributed by atoms with Crippen LogP contribution in [0.5, 0.6) is 0 Å². The van der Waals surface area contributed by atoms with Crippen LogP contribution in [0.25, 0.3) is 0 Å². The zero-order valence-corrected chi connectivity index (χ0v) is 21.0. The van der Waals surface area contributed by atoms with Crippen LogP contribution >= 0.6 is 34.8 Å². The lowest BCUT2D eigenvalue weighted by Gasteiger charge is -2.34. The van der Waals surface area contributed by atoms with E-state index in [4.69, 9.17) is 34.8 Å². The van der Waals surface area contributed by atoms with E-state index in [0.717, 1.165) is 4.31 Å². The van der Waals surface area contributed by atoms with Crippen molar-refractivity contribution in [3.63, 3.8) is 0 Å². The summed E-state index contributed by atoms with van der Waals surface area (Å²) in [5.74, 6) is -1.95. The number of carboxylic acids is 1. The first kappa shape index (κ1) is 25.2. The number of carbonyl (C=O) groups is 2. The number of aromatic nitrogens is 1. The fraction of sp³-hybridized carbons (Fsp3) is 0.174. The number of hydrogen-bond donors (Lipinski definition) is 2. The lowest BCUT2D eigenvalue weighted by Crippen LogP contribution is -2.41. The molecule has 1 aliphatic rings. The fourth-order valence-corrected chi connectivity index (χ4v) is 6.26. The van der Waals surface area contributed by atoms with E-state index in [0.29, 0.717) is 12.0 Å². The molecule has 2 N–H and O–H groups in total. The van der Waals surface area contributed by atoms with Crippen LogP contribution in [-0.4, -0.2) is 36.9 Å². The average molecular weight is 555 g/mol. The van der Waals surface area contributed by atoms with E-state index >= 15 is 0 Å². The van der Waals surface area contributed by atoms with Crippen LogP contribution in [0.4, 0.5) is 11.6 Å². The zero-order chi connectivity index (χ0) is 25.3. The molecule has 4 rings (SSSR count). The quantitative estimate of drug-likeness (QED) is 0.436. The Morgan fingerprint density at radius 2 is 1.74 bits per heavy atom. The van der Waals surface area contributed by atoms with Crippen molar-refractivity contribution in [3.05, 3.63) is 80.8 Å². The van der Waals surface area contributed by atoms with Crippen LogP contribution in [0.1, 0.15) is 22.3 Å². The molecular formula is C23H18Cl3N3O5S. The number of amides is 1. The summed E-state index contributed by atoms with van der Waals surface area (Å²) >= 11 is 18.2. The maximum Gasteiger partial charge on any atom is 0.303 e. The Hall–Kier alpha value is -2.85. The summed E-state index contributed by atoms with van der Waals surface area (Å²) in [4.78, 5) is 28.5. The second-order valence-electron chi connectivity index (χ2n) is 7.89. The predicted octanol–water partition coefficient (Wildman–Crippen LogP) is 5.14. The summed E-state index contributed by atoms with van der Waals surface area (Å²) in [6.07, 6.45) is 0.0886. The minimum Gasteiger partial charge on any atom is -0.481 e. The number of pyridine rings is 1. The van der Waals surface area contributed by atoms with E-state index < -0.39 is 27.8 Å². The van der Waals surface area contributed by atoms with Gasteiger partial charge >= 0.3 is 5.97 Å². The number of hydrogen-bond acceptors (Lipinski definition) is 5. The third-order valence-corrected chi connectivity index (χ3v) is 8.02. The normalized spacial score (nSPS) is 15.4. The van der Waals surface area contributed by atoms with Gasteiger partial charge in [0.25, 0.3) is 15.9 Å². The van der Waals surface area contributed by atoms with Gasteiger partial charge in [0, 0.05) is 11.6 Å². The number of benzene rings is 2. The van der Waals surface area contributed by atoms with Crippen LogP contribution in [0.2, 0.25) is 15.1 Å². The molecule has 12 heteroatoms. The molecule has 0 saturated carbocycles. The third kappa shape index (κ3) is 5.38. The molecule has 8 nitrogen and oxygen atoms in total. The molecule has 2 heterocycles. The van der Waals surface area contributed by atoms with E-state index in [1.807, 2.05) is 0 Å². The molecule has 0 aliphatic carbocycles. The van der Waals surface area contributed by atoms with Crippen molar-refractivity contribution in [2.24, 2.45) is 5.92 Å². The van der Waals surface area contributed by atoms with Crippen molar-refractivity contribution < 1.29 is 23.1 Å². The van der Waals surface area contributed by atoms with Gasteiger partial charge in [0.05, 0.1) is 26.9 Å². The fourth-order valence-electron chi connectivity index (χ4n) is 3.86. The Morgan fingerprint density at radius 1 is 1.06 bits per heavy atom. The van der Waals surface area contributed by atoms with Gasteiger partial charge < -0.3 is 10.4 Å². The molecule has 0 saturated heterocycles. The van der Waals surface area contributed by atoms with Crippen molar-refractivity contribution in [1.82, 2.24) is 4.98 Å². The van der Waals surface area contributed by atoms with Gasteiger partial charge in [0.2, 0.25) is 0 Å². The molecule has 0 spiro atoms. The monoisotopic (exact) mass is 553 g/mol. The van der Waals surface area contributed by atoms with Gasteiger partial charge in [-0.2, -0.15) is 0 Å². The third-order valence-electron chi connectivity index (χ3n) is 5.40. The van der Waals surface area contributed by atoms with Crippen molar-refractivity contribution in [3.8, 4) is 0 Å². The number of sulfonamides is 1. The molecule has 3 aromatic rings. The molecule has 0 radical (unpaired) electrons. The first-order chi connectivity index (χ1) is 16.6. The van der Waals surface area contributed by atoms with Gasteiger partial charge in [-0.25, -0.2) is 17.7 Å². The largest absolute Gasteiger partial charge is 0.481 e. The lowest BCUT2D eigenvalue weighted by molar-refractivity contribution is -0.138. The minimum atomic E-state index is -4.14. The molecular weight excluding hydrogens is 537 g/mol. The number of rotatable bonds is 6. The SMILES string of the molecule is O=C(O)C[C@@H]1Cc2ccc(NC(=O)c3c(Cl)cccc3Cl)nc2N(S(=O)(=O)c2cccc(Cl)c2)C1. The Bertz CT molecular complexity index is 1410. The molecule has 1 aliphatic heterocycles. The summed E-state index contributed by atoms with van der Waals surface area (Å²) in [5, 5.41) is 12.4. The van der Waals surface area contributed by atoms with E-state index in [2.05, 4.69) is 10.3 Å². The number of nitrogens with zero attached hydrogens (tertiary/aromatic N) is 2. The molecule has 2 aromatic carbocycles. The van der Waals surface area contributed by atoms with Gasteiger partial charge in [-0.15, -0.1) is 0 Å². The molecule has 0 unspecified atom stereocenters. The van der Waals surface area contributed by atoms with Gasteiger partial charge in [-0.1, -0.05) is 53.0 Å². The van der Waals surface area contributed by atoms with Crippen LogP contribution in [-0.2, 0) is 21.2 Å². The van der Waals surface area contributed by atoms with E-state index in [-0.39, 0.29) is 50.1 Å². The number of nitrogens with one attached hydrogen (secondary N) is 1. The van der Waals surface area contributed by atoms with Gasteiger partial charge in [-0.3, -0.25) is 9.59 Å². The highest BCUT2D eigenvalue weighted by molar-refractivity contribution is 7.92. The number of carbonyl (C=O) groups excluding carboxylic acids is 1. The van der Waals surface area contributed by atoms with Crippen LogP contribution in [0.3, 0.4) is 0 Å². The molecule has 1 amide bonds. The van der Waals surface area contributed by atoms with E-state index in [9.17, 15) is 23.1 Å². The van der Waals surface area contributed by atoms with Gasteiger partial charge in [0.15, 0.2) is 0 Å². The lowest BCUT2D eigenvalue weighted by atomic mass is 9.93. The Kier molecular flexibility index (Phi) is 7.23. The summed E-state index contributed by atoms with van der Waals surface area (Å²) in [5.41, 5.74) is 0.585. The number of aliphatic carboxylic acids is 1. The van der Waals surface area contributed by atoms with Crippen LogP contribution in [0, 0.1) is 5.92 Å². The Morgan fingerprint density at radius 3 is 2.40 bits per heavy atom. The van der Waals surface area contributed by atoms with Crippen molar-refractivity contribution in [2.45, 2.75) is 17.7 Å². The molecule has 182 valence electrons. The topological polar surface area (TPSA) is 117 Å². The maximum atomic E-state index is 13.5. The first-order valence-electron chi connectivity index (χ1n) is 10.3. The number of anilines is 2. The summed E-state index contributed by atoms with van der Waals surface area (Å²) < 4.78 is 28.1. The summed E-state index contributed by atoms with van der Waals surface area (Å²) in [7, 11) is -4.14. The maximum absolute atomic E-state index is 13.5. The molecule has 1 atom stereocenters. The minimum absolute atomic E-state index is 0.0558. The number of halogens is 3. The Labute approximate surface area is 216 Å². The smallest absolute Gasteiger partial charge is 0.303 e. The van der Waals surface area contributed by atoms with Crippen LogP contribution in [0.15, 0.2) is 59.5 Å². The summed E-state index contributed by atoms with van der Waals surface area (Å²) in [6.45, 7) is -0.102. The highest BCUT2D eigenvalue weighted by Crippen LogP contribution is 2.35. The van der Waals surface area contributed by atoms with Gasteiger partial charge in [0.1, 0.15) is 11.6 Å². The number of carboxylic acid groups (broad SMARTS) is 1. The molecule has 0 bridgehead atoms. The summed E-state index contributed by atoms with van der Waals surface area (Å²) in [6, 6.07) is 13.5. The zero-order valence-electron chi connectivity index (χ0n) is 17.9. The van der Waals surface area contributed by atoms with Crippen LogP contribution < -0.4 is 9.62 Å². The molecule has 0 fully saturated rings. The van der Waals surface area contributed by atoms with Crippen molar-refractivity contribution in [1.29, 1.82) is 0 Å².